The molecule has 0 saturated carbocycles. The van der Waals surface area contributed by atoms with Crippen LogP contribution in [-0.4, -0.2) is 28.2 Å². The van der Waals surface area contributed by atoms with E-state index in [2.05, 4.69) is 9.97 Å². The van der Waals surface area contributed by atoms with Crippen LogP contribution in [0.2, 0.25) is 0 Å². The van der Waals surface area contributed by atoms with Crippen LogP contribution >= 0.6 is 0 Å². The molecule has 3 N–H and O–H groups in total. The molecule has 0 fully saturated rings. The lowest BCUT2D eigenvalue weighted by atomic mass is 10.1. The molecular formula is C23H19N3O4. The number of aromatic hydroxyl groups is 1. The van der Waals surface area contributed by atoms with Gasteiger partial charge in [-0.2, -0.15) is 0 Å². The van der Waals surface area contributed by atoms with Gasteiger partial charge in [-0.05, 0) is 29.8 Å². The maximum atomic E-state index is 12.3. The molecule has 30 heavy (non-hydrogen) atoms. The Kier molecular flexibility index (Phi) is 5.17. The summed E-state index contributed by atoms with van der Waals surface area (Å²) in [7, 11) is 1.27. The zero-order valence-electron chi connectivity index (χ0n) is 16.2. The zero-order chi connectivity index (χ0) is 21.1. The van der Waals surface area contributed by atoms with Gasteiger partial charge in [0.2, 0.25) is 0 Å². The second kappa shape index (κ2) is 8.08. The summed E-state index contributed by atoms with van der Waals surface area (Å²) in [6.07, 6.45) is 0. The lowest BCUT2D eigenvalue weighted by Crippen LogP contribution is -2.11. The van der Waals surface area contributed by atoms with Crippen molar-refractivity contribution in [2.75, 3.05) is 12.8 Å². The van der Waals surface area contributed by atoms with Crippen molar-refractivity contribution in [1.82, 2.24) is 9.97 Å². The van der Waals surface area contributed by atoms with Crippen LogP contribution < -0.4 is 10.5 Å². The van der Waals surface area contributed by atoms with E-state index in [-0.39, 0.29) is 29.6 Å². The van der Waals surface area contributed by atoms with Crippen LogP contribution in [0.3, 0.4) is 0 Å². The van der Waals surface area contributed by atoms with Crippen molar-refractivity contribution >= 4 is 22.7 Å². The molecule has 0 amide bonds. The number of fused-ring (bicyclic) bond motifs is 1. The summed E-state index contributed by atoms with van der Waals surface area (Å²) in [4.78, 5) is 21.1. The number of methoxy groups -OCH3 is 1. The number of carbonyl (C=O) groups excluding carboxylic acids is 1. The molecule has 0 aliphatic rings. The molecule has 0 aliphatic heterocycles. The fourth-order valence-corrected chi connectivity index (χ4v) is 3.13. The number of phenols is 1. The van der Waals surface area contributed by atoms with E-state index in [1.165, 1.54) is 7.11 Å². The molecule has 2 aromatic carbocycles. The number of carbonyl (C=O) groups is 1. The minimum absolute atomic E-state index is 0.00895. The molecule has 150 valence electrons. The van der Waals surface area contributed by atoms with E-state index >= 15 is 0 Å². The van der Waals surface area contributed by atoms with E-state index in [0.29, 0.717) is 16.6 Å². The van der Waals surface area contributed by atoms with E-state index in [1.807, 2.05) is 36.4 Å². The first-order chi connectivity index (χ1) is 14.6. The number of nitrogens with zero attached hydrogens (tertiary/aromatic N) is 2. The monoisotopic (exact) mass is 401 g/mol. The van der Waals surface area contributed by atoms with Gasteiger partial charge in [0.15, 0.2) is 17.3 Å². The van der Waals surface area contributed by atoms with Crippen molar-refractivity contribution in [3.8, 4) is 22.8 Å². The van der Waals surface area contributed by atoms with Crippen LogP contribution in [0, 0.1) is 0 Å². The first kappa shape index (κ1) is 19.2. The van der Waals surface area contributed by atoms with Crippen molar-refractivity contribution in [2.24, 2.45) is 0 Å². The van der Waals surface area contributed by atoms with E-state index < -0.39 is 5.97 Å². The Morgan fingerprint density at radius 2 is 1.83 bits per heavy atom. The lowest BCUT2D eigenvalue weighted by molar-refractivity contribution is 0.0589. The number of hydrogen-bond donors (Lipinski definition) is 2. The standard InChI is InChI=1S/C23H19N3O4/c1-29-23(28)20-21(30-13-14-6-3-2-4-7-14)17-10-11-18(25-19(17)22(24)26-20)15-8-5-9-16(27)12-15/h2-12,27H,13H2,1H3,(H2,24,26). The van der Waals surface area contributed by atoms with Gasteiger partial charge in [0.25, 0.3) is 0 Å². The van der Waals surface area contributed by atoms with E-state index in [1.54, 1.807) is 30.3 Å². The third-order valence-corrected chi connectivity index (χ3v) is 4.58. The number of pyridine rings is 2. The first-order valence-electron chi connectivity index (χ1n) is 9.21. The number of aromatic nitrogens is 2. The molecule has 0 unspecified atom stereocenters. The van der Waals surface area contributed by atoms with Crippen LogP contribution in [-0.2, 0) is 11.3 Å². The Morgan fingerprint density at radius 1 is 1.03 bits per heavy atom. The van der Waals surface area contributed by atoms with Crippen LogP contribution in [0.15, 0.2) is 66.7 Å². The fraction of sp³-hybridized carbons (Fsp3) is 0.0870. The number of rotatable bonds is 5. The second-order valence-corrected chi connectivity index (χ2v) is 6.58. The predicted octanol–water partition coefficient (Wildman–Crippen LogP) is 3.95. The van der Waals surface area contributed by atoms with Crippen molar-refractivity contribution in [1.29, 1.82) is 0 Å². The maximum absolute atomic E-state index is 12.3. The topological polar surface area (TPSA) is 108 Å². The van der Waals surface area contributed by atoms with E-state index in [0.717, 1.165) is 11.1 Å². The molecule has 0 spiro atoms. The smallest absolute Gasteiger partial charge is 0.360 e. The molecular weight excluding hydrogens is 382 g/mol. The number of phenolic OH excluding ortho intramolecular Hbond substituents is 1. The lowest BCUT2D eigenvalue weighted by Gasteiger charge is -2.14. The number of anilines is 1. The molecule has 0 atom stereocenters. The van der Waals surface area contributed by atoms with Gasteiger partial charge in [-0.1, -0.05) is 42.5 Å². The summed E-state index contributed by atoms with van der Waals surface area (Å²) in [6.45, 7) is 0.236. The summed E-state index contributed by atoms with van der Waals surface area (Å²) >= 11 is 0. The highest BCUT2D eigenvalue weighted by atomic mass is 16.5. The highest BCUT2D eigenvalue weighted by Gasteiger charge is 2.22. The maximum Gasteiger partial charge on any atom is 0.360 e. The fourth-order valence-electron chi connectivity index (χ4n) is 3.13. The Labute approximate surface area is 172 Å². The summed E-state index contributed by atoms with van der Waals surface area (Å²) < 4.78 is 10.8. The predicted molar refractivity (Wildman–Crippen MR) is 113 cm³/mol. The molecule has 0 radical (unpaired) electrons. The van der Waals surface area contributed by atoms with Gasteiger partial charge in [0.05, 0.1) is 12.8 Å². The molecule has 7 nitrogen and oxygen atoms in total. The minimum Gasteiger partial charge on any atom is -0.508 e. The zero-order valence-corrected chi connectivity index (χ0v) is 16.2. The van der Waals surface area contributed by atoms with E-state index in [9.17, 15) is 9.90 Å². The van der Waals surface area contributed by atoms with Gasteiger partial charge < -0.3 is 20.3 Å². The van der Waals surface area contributed by atoms with Crippen molar-refractivity contribution in [2.45, 2.75) is 6.61 Å². The molecule has 2 aromatic heterocycles. The molecule has 2 heterocycles. The number of hydrogen-bond acceptors (Lipinski definition) is 7. The van der Waals surface area contributed by atoms with Crippen molar-refractivity contribution in [3.63, 3.8) is 0 Å². The molecule has 4 rings (SSSR count). The molecule has 0 saturated heterocycles. The van der Waals surface area contributed by atoms with Crippen molar-refractivity contribution in [3.05, 3.63) is 78.0 Å². The van der Waals surface area contributed by atoms with Gasteiger partial charge in [-0.3, -0.25) is 0 Å². The average molecular weight is 401 g/mol. The number of nitrogen functional groups attached to an aromatic ring is 1. The van der Waals surface area contributed by atoms with Gasteiger partial charge in [0.1, 0.15) is 17.9 Å². The highest BCUT2D eigenvalue weighted by molar-refractivity contribution is 6.02. The Morgan fingerprint density at radius 3 is 2.57 bits per heavy atom. The van der Waals surface area contributed by atoms with E-state index in [4.69, 9.17) is 15.2 Å². The largest absolute Gasteiger partial charge is 0.508 e. The normalized spacial score (nSPS) is 10.7. The third kappa shape index (κ3) is 3.73. The summed E-state index contributed by atoms with van der Waals surface area (Å²) in [5, 5.41) is 10.3. The first-order valence-corrected chi connectivity index (χ1v) is 9.21. The quantitative estimate of drug-likeness (QED) is 0.488. The number of nitrogens with two attached hydrogens (primary N) is 1. The average Bonchev–Trinajstić information content (AvgIpc) is 2.78. The van der Waals surface area contributed by atoms with Gasteiger partial charge in [-0.15, -0.1) is 0 Å². The van der Waals surface area contributed by atoms with Crippen LogP contribution in [0.1, 0.15) is 16.1 Å². The van der Waals surface area contributed by atoms with Crippen LogP contribution in [0.25, 0.3) is 22.2 Å². The summed E-state index contributed by atoms with van der Waals surface area (Å²) in [5.41, 5.74) is 8.76. The third-order valence-electron chi connectivity index (χ3n) is 4.58. The summed E-state index contributed by atoms with van der Waals surface area (Å²) in [5.74, 6) is -0.179. The van der Waals surface area contributed by atoms with Crippen molar-refractivity contribution < 1.29 is 19.4 Å². The molecule has 4 aromatic rings. The highest BCUT2D eigenvalue weighted by Crippen LogP contribution is 2.34. The Bertz CT molecular complexity index is 1230. The minimum atomic E-state index is -0.649. The Hall–Kier alpha value is -4.13. The molecule has 7 heteroatoms. The second-order valence-electron chi connectivity index (χ2n) is 6.58. The van der Waals surface area contributed by atoms with Gasteiger partial charge in [0, 0.05) is 10.9 Å². The van der Waals surface area contributed by atoms with Crippen LogP contribution in [0.4, 0.5) is 5.82 Å². The summed E-state index contributed by atoms with van der Waals surface area (Å²) in [6, 6.07) is 19.8. The number of esters is 1. The van der Waals surface area contributed by atoms with Gasteiger partial charge >= 0.3 is 5.97 Å². The van der Waals surface area contributed by atoms with Crippen LogP contribution in [0.5, 0.6) is 11.5 Å². The number of ether oxygens (including phenoxy) is 2. The SMILES string of the molecule is COC(=O)c1nc(N)c2nc(-c3cccc(O)c3)ccc2c1OCc1ccccc1. The van der Waals surface area contributed by atoms with Gasteiger partial charge in [-0.25, -0.2) is 14.8 Å². The molecule has 0 aliphatic carbocycles. The Balaban J connectivity index is 1.83. The number of benzene rings is 2. The molecule has 0 bridgehead atoms.